The highest BCUT2D eigenvalue weighted by Gasteiger charge is 2.06. The maximum atomic E-state index is 5.83. The van der Waals surface area contributed by atoms with Crippen molar-refractivity contribution >= 4 is 48.0 Å². The zero-order chi connectivity index (χ0) is 9.42. The molecule has 2 nitrogen and oxygen atoms in total. The van der Waals surface area contributed by atoms with Crippen LogP contribution < -0.4 is 11.5 Å². The Labute approximate surface area is 88.7 Å². The molecule has 0 atom stereocenters. The summed E-state index contributed by atoms with van der Waals surface area (Å²) >= 11 is 4.94. The Kier molecular flexibility index (Phi) is 2.17. The number of rotatable bonds is 1. The molecule has 0 saturated heterocycles. The summed E-state index contributed by atoms with van der Waals surface area (Å²) < 4.78 is 1.15. The molecular weight excluding hydrogens is 248 g/mol. The fourth-order valence-electron chi connectivity index (χ4n) is 1.27. The molecule has 4 heteroatoms. The summed E-state index contributed by atoms with van der Waals surface area (Å²) in [5, 5.41) is 2.62. The Morgan fingerprint density at radius 3 is 2.77 bits per heavy atom. The Balaban J connectivity index is 2.75. The molecule has 0 saturated carbocycles. The summed E-state index contributed by atoms with van der Waals surface area (Å²) in [5.41, 5.74) is 13.5. The molecule has 0 bridgehead atoms. The predicted octanol–water partition coefficient (Wildman–Crippen LogP) is 2.96. The van der Waals surface area contributed by atoms with Crippen molar-refractivity contribution in [2.75, 3.05) is 11.5 Å². The van der Waals surface area contributed by atoms with E-state index in [1.165, 1.54) is 16.9 Å². The van der Waals surface area contributed by atoms with Crippen molar-refractivity contribution in [3.63, 3.8) is 0 Å². The highest BCUT2D eigenvalue weighted by Crippen LogP contribution is 2.36. The zero-order valence-electron chi connectivity index (χ0n) is 6.88. The molecule has 1 aromatic carbocycles. The number of nitrogens with two attached hydrogens (primary N) is 2. The molecule has 0 spiro atoms. The van der Waals surface area contributed by atoms with E-state index < -0.39 is 0 Å². The van der Waals surface area contributed by atoms with Gasteiger partial charge < -0.3 is 11.5 Å². The van der Waals surface area contributed by atoms with Gasteiger partial charge in [0, 0.05) is 15.4 Å². The van der Waals surface area contributed by atoms with E-state index in [2.05, 4.69) is 34.1 Å². The van der Waals surface area contributed by atoms with Gasteiger partial charge in [-0.15, -0.1) is 11.3 Å². The lowest BCUT2D eigenvalue weighted by molar-refractivity contribution is 1.47. The van der Waals surface area contributed by atoms with Crippen LogP contribution in [0.25, 0.3) is 10.1 Å². The van der Waals surface area contributed by atoms with Gasteiger partial charge in [-0.3, -0.25) is 0 Å². The third-order valence-corrected chi connectivity index (χ3v) is 3.64. The van der Waals surface area contributed by atoms with Crippen molar-refractivity contribution in [2.45, 2.75) is 5.33 Å². The van der Waals surface area contributed by atoms with E-state index >= 15 is 0 Å². The minimum absolute atomic E-state index is 0.710. The summed E-state index contributed by atoms with van der Waals surface area (Å²) in [4.78, 5) is 0. The van der Waals surface area contributed by atoms with Crippen molar-refractivity contribution in [3.05, 3.63) is 23.8 Å². The van der Waals surface area contributed by atoms with E-state index in [0.717, 1.165) is 15.4 Å². The molecule has 0 aliphatic carbocycles. The molecule has 1 heterocycles. The van der Waals surface area contributed by atoms with E-state index in [-0.39, 0.29) is 0 Å². The standard InChI is InChI=1S/C9H9BrN2S/c10-4-5-1-2-7-6(3-5)8(11)9(12)13-7/h1-3H,4,11-12H2. The van der Waals surface area contributed by atoms with Crippen molar-refractivity contribution in [1.29, 1.82) is 0 Å². The van der Waals surface area contributed by atoms with Crippen LogP contribution in [0.1, 0.15) is 5.56 Å². The van der Waals surface area contributed by atoms with Gasteiger partial charge in [0.25, 0.3) is 0 Å². The average molecular weight is 257 g/mol. The van der Waals surface area contributed by atoms with Crippen LogP contribution in [0, 0.1) is 0 Å². The van der Waals surface area contributed by atoms with E-state index in [9.17, 15) is 0 Å². The molecule has 68 valence electrons. The number of anilines is 2. The van der Waals surface area contributed by atoms with Gasteiger partial charge in [-0.2, -0.15) is 0 Å². The molecule has 0 aliphatic rings. The third-order valence-electron chi connectivity index (χ3n) is 1.97. The van der Waals surface area contributed by atoms with Gasteiger partial charge in [-0.25, -0.2) is 0 Å². The van der Waals surface area contributed by atoms with Crippen molar-refractivity contribution in [3.8, 4) is 0 Å². The first-order valence-electron chi connectivity index (χ1n) is 3.84. The summed E-state index contributed by atoms with van der Waals surface area (Å²) in [6, 6.07) is 6.21. The van der Waals surface area contributed by atoms with Gasteiger partial charge in [0.2, 0.25) is 0 Å². The molecule has 0 unspecified atom stereocenters. The van der Waals surface area contributed by atoms with Gasteiger partial charge in [-0.1, -0.05) is 22.0 Å². The Bertz CT molecular complexity index is 450. The van der Waals surface area contributed by atoms with Crippen molar-refractivity contribution in [2.24, 2.45) is 0 Å². The molecule has 0 aliphatic heterocycles. The lowest BCUT2D eigenvalue weighted by atomic mass is 10.2. The van der Waals surface area contributed by atoms with E-state index in [1.54, 1.807) is 0 Å². The van der Waals surface area contributed by atoms with Crippen LogP contribution in [0.4, 0.5) is 10.7 Å². The van der Waals surface area contributed by atoms with Crippen LogP contribution in [0.15, 0.2) is 18.2 Å². The number of hydrogen-bond acceptors (Lipinski definition) is 3. The molecule has 0 fully saturated rings. The maximum Gasteiger partial charge on any atom is 0.110 e. The Hall–Kier alpha value is -0.740. The number of alkyl halides is 1. The highest BCUT2D eigenvalue weighted by molar-refractivity contribution is 9.08. The molecule has 0 amide bonds. The average Bonchev–Trinajstić information content (AvgIpc) is 2.43. The summed E-state index contributed by atoms with van der Waals surface area (Å²) in [5.74, 6) is 0. The number of halogens is 1. The lowest BCUT2D eigenvalue weighted by Crippen LogP contribution is -1.88. The van der Waals surface area contributed by atoms with Crippen LogP contribution in [-0.4, -0.2) is 0 Å². The second kappa shape index (κ2) is 3.20. The van der Waals surface area contributed by atoms with Crippen LogP contribution in [0.2, 0.25) is 0 Å². The second-order valence-electron chi connectivity index (χ2n) is 2.84. The van der Waals surface area contributed by atoms with Crippen LogP contribution in [-0.2, 0) is 5.33 Å². The Morgan fingerprint density at radius 1 is 1.31 bits per heavy atom. The number of fused-ring (bicyclic) bond motifs is 1. The van der Waals surface area contributed by atoms with Gasteiger partial charge in [0.1, 0.15) is 5.00 Å². The highest BCUT2D eigenvalue weighted by atomic mass is 79.9. The third kappa shape index (κ3) is 1.40. The quantitative estimate of drug-likeness (QED) is 0.771. The number of benzene rings is 1. The first-order valence-corrected chi connectivity index (χ1v) is 5.78. The summed E-state index contributed by atoms with van der Waals surface area (Å²) in [6.45, 7) is 0. The first kappa shape index (κ1) is 8.84. The minimum atomic E-state index is 0.710. The normalized spacial score (nSPS) is 10.8. The number of hydrogen-bond donors (Lipinski definition) is 2. The number of thiophene rings is 1. The Morgan fingerprint density at radius 2 is 2.08 bits per heavy atom. The molecule has 2 rings (SSSR count). The van der Waals surface area contributed by atoms with Crippen molar-refractivity contribution in [1.82, 2.24) is 0 Å². The zero-order valence-corrected chi connectivity index (χ0v) is 9.28. The fraction of sp³-hybridized carbons (Fsp3) is 0.111. The SMILES string of the molecule is Nc1sc2ccc(CBr)cc2c1N. The van der Waals surface area contributed by atoms with Gasteiger partial charge >= 0.3 is 0 Å². The van der Waals surface area contributed by atoms with Crippen molar-refractivity contribution < 1.29 is 0 Å². The van der Waals surface area contributed by atoms with E-state index in [1.807, 2.05) is 0 Å². The first-order chi connectivity index (χ1) is 6.22. The maximum absolute atomic E-state index is 5.83. The molecule has 1 aromatic heterocycles. The monoisotopic (exact) mass is 256 g/mol. The fourth-order valence-corrected chi connectivity index (χ4v) is 2.49. The van der Waals surface area contributed by atoms with Crippen LogP contribution in [0.3, 0.4) is 0 Å². The predicted molar refractivity (Wildman–Crippen MR) is 63.3 cm³/mol. The van der Waals surface area contributed by atoms with E-state index in [4.69, 9.17) is 11.5 Å². The summed E-state index contributed by atoms with van der Waals surface area (Å²) in [7, 11) is 0. The molecule has 4 N–H and O–H groups in total. The van der Waals surface area contributed by atoms with Gasteiger partial charge in [0.15, 0.2) is 0 Å². The largest absolute Gasteiger partial charge is 0.396 e. The molecule has 0 radical (unpaired) electrons. The molecular formula is C9H9BrN2S. The summed E-state index contributed by atoms with van der Waals surface area (Å²) in [6.07, 6.45) is 0. The molecule has 2 aromatic rings. The van der Waals surface area contributed by atoms with Gasteiger partial charge in [0.05, 0.1) is 5.69 Å². The van der Waals surface area contributed by atoms with E-state index in [0.29, 0.717) is 10.7 Å². The second-order valence-corrected chi connectivity index (χ2v) is 4.49. The minimum Gasteiger partial charge on any atom is -0.396 e. The lowest BCUT2D eigenvalue weighted by Gasteiger charge is -1.96. The van der Waals surface area contributed by atoms with Crippen LogP contribution >= 0.6 is 27.3 Å². The number of nitrogen functional groups attached to an aromatic ring is 2. The smallest absolute Gasteiger partial charge is 0.110 e. The van der Waals surface area contributed by atoms with Crippen LogP contribution in [0.5, 0.6) is 0 Å². The molecule has 13 heavy (non-hydrogen) atoms. The van der Waals surface area contributed by atoms with Gasteiger partial charge in [-0.05, 0) is 17.7 Å². The topological polar surface area (TPSA) is 52.0 Å².